The van der Waals surface area contributed by atoms with Gasteiger partial charge in [-0.05, 0) is 23.8 Å². The molecule has 20 heavy (non-hydrogen) atoms. The predicted octanol–water partition coefficient (Wildman–Crippen LogP) is 2.77. The highest BCUT2D eigenvalue weighted by Gasteiger charge is 2.07. The van der Waals surface area contributed by atoms with Gasteiger partial charge in [-0.3, -0.25) is 9.78 Å². The molecular formula is C14H12F2N2OS. The van der Waals surface area contributed by atoms with Gasteiger partial charge in [-0.15, -0.1) is 11.8 Å². The lowest BCUT2D eigenvalue weighted by Crippen LogP contribution is -2.24. The predicted molar refractivity (Wildman–Crippen MR) is 73.2 cm³/mol. The van der Waals surface area contributed by atoms with Crippen molar-refractivity contribution in [3.8, 4) is 0 Å². The van der Waals surface area contributed by atoms with Gasteiger partial charge in [0.05, 0.1) is 5.75 Å². The Labute approximate surface area is 119 Å². The highest BCUT2D eigenvalue weighted by molar-refractivity contribution is 8.00. The summed E-state index contributed by atoms with van der Waals surface area (Å²) in [5, 5.41) is 2.70. The third kappa shape index (κ3) is 4.31. The Morgan fingerprint density at radius 3 is 2.85 bits per heavy atom. The molecule has 0 bridgehead atoms. The molecule has 0 unspecified atom stereocenters. The summed E-state index contributed by atoms with van der Waals surface area (Å²) in [6.07, 6.45) is 3.31. The Kier molecular flexibility index (Phi) is 5.06. The number of hydrogen-bond acceptors (Lipinski definition) is 3. The fraction of sp³-hybridized carbons (Fsp3) is 0.143. The van der Waals surface area contributed by atoms with E-state index in [1.54, 1.807) is 18.5 Å². The average Bonchev–Trinajstić information content (AvgIpc) is 2.45. The molecule has 1 aromatic carbocycles. The van der Waals surface area contributed by atoms with Crippen molar-refractivity contribution in [3.05, 3.63) is 59.9 Å². The second kappa shape index (κ2) is 7.00. The highest BCUT2D eigenvalue weighted by Crippen LogP contribution is 2.21. The van der Waals surface area contributed by atoms with Gasteiger partial charge in [0.2, 0.25) is 5.91 Å². The molecule has 0 saturated heterocycles. The summed E-state index contributed by atoms with van der Waals surface area (Å²) in [5.41, 5.74) is 0.888. The van der Waals surface area contributed by atoms with Gasteiger partial charge in [-0.25, -0.2) is 8.78 Å². The minimum absolute atomic E-state index is 0.0722. The molecule has 0 spiro atoms. The molecule has 0 saturated carbocycles. The summed E-state index contributed by atoms with van der Waals surface area (Å²) in [6, 6.07) is 6.92. The van der Waals surface area contributed by atoms with E-state index in [2.05, 4.69) is 10.3 Å². The first-order valence-corrected chi connectivity index (χ1v) is 6.87. The van der Waals surface area contributed by atoms with E-state index in [0.29, 0.717) is 6.54 Å². The zero-order chi connectivity index (χ0) is 14.4. The number of aromatic nitrogens is 1. The number of amides is 1. The Balaban J connectivity index is 1.80. The van der Waals surface area contributed by atoms with Crippen LogP contribution in [0.25, 0.3) is 0 Å². The number of hydrogen-bond donors (Lipinski definition) is 1. The van der Waals surface area contributed by atoms with Crippen LogP contribution in [-0.4, -0.2) is 16.6 Å². The van der Waals surface area contributed by atoms with Crippen molar-refractivity contribution in [2.75, 3.05) is 5.75 Å². The van der Waals surface area contributed by atoms with Crippen molar-refractivity contribution < 1.29 is 13.6 Å². The van der Waals surface area contributed by atoms with Crippen LogP contribution in [0.15, 0.2) is 47.6 Å². The molecule has 0 fully saturated rings. The third-order valence-corrected chi connectivity index (χ3v) is 3.51. The summed E-state index contributed by atoms with van der Waals surface area (Å²) < 4.78 is 26.1. The van der Waals surface area contributed by atoms with Crippen molar-refractivity contribution >= 4 is 17.7 Å². The standard InChI is InChI=1S/C14H12F2N2OS/c15-11-3-4-13(12(16)6-11)20-9-14(19)18-8-10-2-1-5-17-7-10/h1-7H,8-9H2,(H,18,19). The summed E-state index contributed by atoms with van der Waals surface area (Å²) in [5.74, 6) is -1.44. The van der Waals surface area contributed by atoms with Gasteiger partial charge in [0.1, 0.15) is 11.6 Å². The zero-order valence-corrected chi connectivity index (χ0v) is 11.3. The number of rotatable bonds is 5. The van der Waals surface area contributed by atoms with Gasteiger partial charge < -0.3 is 5.32 Å². The molecule has 0 aliphatic carbocycles. The van der Waals surface area contributed by atoms with E-state index in [4.69, 9.17) is 0 Å². The molecule has 6 heteroatoms. The summed E-state index contributed by atoms with van der Waals surface area (Å²) >= 11 is 1.03. The van der Waals surface area contributed by atoms with Gasteiger partial charge >= 0.3 is 0 Å². The fourth-order valence-corrected chi connectivity index (χ4v) is 2.24. The van der Waals surface area contributed by atoms with E-state index in [-0.39, 0.29) is 16.6 Å². The first kappa shape index (κ1) is 14.5. The third-order valence-electron chi connectivity index (χ3n) is 2.47. The summed E-state index contributed by atoms with van der Waals surface area (Å²) in [7, 11) is 0. The second-order valence-corrected chi connectivity index (χ2v) is 5.02. The van der Waals surface area contributed by atoms with Crippen molar-refractivity contribution in [1.29, 1.82) is 0 Å². The van der Waals surface area contributed by atoms with E-state index < -0.39 is 11.6 Å². The number of carbonyl (C=O) groups is 1. The molecule has 0 atom stereocenters. The fourth-order valence-electron chi connectivity index (χ4n) is 1.49. The Hall–Kier alpha value is -1.95. The van der Waals surface area contributed by atoms with Crippen LogP contribution in [-0.2, 0) is 11.3 Å². The molecule has 1 amide bonds. The SMILES string of the molecule is O=C(CSc1ccc(F)cc1F)NCc1cccnc1. The molecule has 1 aromatic heterocycles. The maximum absolute atomic E-state index is 13.4. The van der Waals surface area contributed by atoms with Crippen molar-refractivity contribution in [1.82, 2.24) is 10.3 Å². The van der Waals surface area contributed by atoms with Gasteiger partial charge in [-0.1, -0.05) is 6.07 Å². The van der Waals surface area contributed by atoms with Crippen LogP contribution in [0.3, 0.4) is 0 Å². The molecule has 1 heterocycles. The number of thioether (sulfide) groups is 1. The van der Waals surface area contributed by atoms with Gasteiger partial charge in [0, 0.05) is 29.9 Å². The van der Waals surface area contributed by atoms with Gasteiger partial charge in [-0.2, -0.15) is 0 Å². The van der Waals surface area contributed by atoms with E-state index in [1.807, 2.05) is 6.07 Å². The molecule has 2 aromatic rings. The summed E-state index contributed by atoms with van der Waals surface area (Å²) in [4.78, 5) is 15.8. The quantitative estimate of drug-likeness (QED) is 0.862. The van der Waals surface area contributed by atoms with Crippen molar-refractivity contribution in [3.63, 3.8) is 0 Å². The number of benzene rings is 1. The first-order valence-electron chi connectivity index (χ1n) is 5.88. The van der Waals surface area contributed by atoms with Crippen LogP contribution >= 0.6 is 11.8 Å². The van der Waals surface area contributed by atoms with Gasteiger partial charge in [0.25, 0.3) is 0 Å². The number of halogens is 2. The van der Waals surface area contributed by atoms with Crippen LogP contribution in [0.1, 0.15) is 5.56 Å². The van der Waals surface area contributed by atoms with Gasteiger partial charge in [0.15, 0.2) is 0 Å². The number of pyridine rings is 1. The van der Waals surface area contributed by atoms with Crippen LogP contribution < -0.4 is 5.32 Å². The molecule has 0 aliphatic heterocycles. The van der Waals surface area contributed by atoms with Crippen molar-refractivity contribution in [2.24, 2.45) is 0 Å². The zero-order valence-electron chi connectivity index (χ0n) is 10.5. The number of nitrogens with one attached hydrogen (secondary N) is 1. The van der Waals surface area contributed by atoms with E-state index >= 15 is 0 Å². The lowest BCUT2D eigenvalue weighted by molar-refractivity contribution is -0.118. The van der Waals surface area contributed by atoms with E-state index in [0.717, 1.165) is 23.4 Å². The topological polar surface area (TPSA) is 42.0 Å². The van der Waals surface area contributed by atoms with Crippen LogP contribution in [0.4, 0.5) is 8.78 Å². The Morgan fingerprint density at radius 2 is 2.15 bits per heavy atom. The molecule has 1 N–H and O–H groups in total. The van der Waals surface area contributed by atoms with E-state index in [1.165, 1.54) is 12.1 Å². The molecule has 2 rings (SSSR count). The largest absolute Gasteiger partial charge is 0.351 e. The first-order chi connectivity index (χ1) is 9.65. The maximum atomic E-state index is 13.4. The van der Waals surface area contributed by atoms with Crippen molar-refractivity contribution in [2.45, 2.75) is 11.4 Å². The van der Waals surface area contributed by atoms with E-state index in [9.17, 15) is 13.6 Å². The minimum atomic E-state index is -0.657. The molecule has 0 aliphatic rings. The monoisotopic (exact) mass is 294 g/mol. The minimum Gasteiger partial charge on any atom is -0.351 e. The Bertz CT molecular complexity index is 593. The average molecular weight is 294 g/mol. The van der Waals surface area contributed by atoms with Crippen LogP contribution in [0, 0.1) is 11.6 Å². The number of nitrogens with zero attached hydrogens (tertiary/aromatic N) is 1. The Morgan fingerprint density at radius 1 is 1.30 bits per heavy atom. The molecule has 104 valence electrons. The van der Waals surface area contributed by atoms with Crippen LogP contribution in [0.5, 0.6) is 0 Å². The molecule has 3 nitrogen and oxygen atoms in total. The molecule has 0 radical (unpaired) electrons. The second-order valence-electron chi connectivity index (χ2n) is 4.00. The lowest BCUT2D eigenvalue weighted by Gasteiger charge is -2.05. The maximum Gasteiger partial charge on any atom is 0.230 e. The molecular weight excluding hydrogens is 282 g/mol. The van der Waals surface area contributed by atoms with Crippen LogP contribution in [0.2, 0.25) is 0 Å². The normalized spacial score (nSPS) is 10.3. The smallest absolute Gasteiger partial charge is 0.230 e. The highest BCUT2D eigenvalue weighted by atomic mass is 32.2. The lowest BCUT2D eigenvalue weighted by atomic mass is 10.3. The number of carbonyl (C=O) groups excluding carboxylic acids is 1. The summed E-state index contributed by atoms with van der Waals surface area (Å²) in [6.45, 7) is 0.374.